The summed E-state index contributed by atoms with van der Waals surface area (Å²) in [5.41, 5.74) is 6.45. The average molecular weight is 194 g/mol. The van der Waals surface area contributed by atoms with Gasteiger partial charge in [-0.1, -0.05) is 0 Å². The van der Waals surface area contributed by atoms with Gasteiger partial charge in [-0.15, -0.1) is 0 Å². The Morgan fingerprint density at radius 1 is 1.36 bits per heavy atom. The number of ketones is 1. The molecule has 0 aliphatic rings. The van der Waals surface area contributed by atoms with Crippen molar-refractivity contribution < 1.29 is 9.72 Å². The van der Waals surface area contributed by atoms with E-state index in [1.54, 1.807) is 24.3 Å². The number of Topliss-reactive ketones (excluding diaryl/α,β-unsaturated/α-hetero) is 1. The first-order chi connectivity index (χ1) is 6.59. The summed E-state index contributed by atoms with van der Waals surface area (Å²) in [6, 6.07) is 6.33. The Kier molecular flexibility index (Phi) is 3.17. The number of carbonyl (C=O) groups is 1. The van der Waals surface area contributed by atoms with Crippen molar-refractivity contribution >= 4 is 11.5 Å². The molecule has 0 saturated carbocycles. The number of rotatable bonds is 4. The minimum absolute atomic E-state index is 0.0725. The van der Waals surface area contributed by atoms with Gasteiger partial charge in [0.1, 0.15) is 0 Å². The highest BCUT2D eigenvalue weighted by Crippen LogP contribution is 2.07. The fourth-order valence-corrected chi connectivity index (χ4v) is 1.01. The molecule has 0 saturated heterocycles. The maximum absolute atomic E-state index is 11.3. The van der Waals surface area contributed by atoms with Crippen molar-refractivity contribution in [1.82, 2.24) is 0 Å². The second-order valence-electron chi connectivity index (χ2n) is 2.85. The molecule has 2 N–H and O–H groups in total. The third kappa shape index (κ3) is 2.85. The van der Waals surface area contributed by atoms with Crippen LogP contribution in [0.4, 0.5) is 5.69 Å². The number of nitrogens with zero attached hydrogens (tertiary/aromatic N) is 1. The molecule has 0 amide bonds. The zero-order valence-electron chi connectivity index (χ0n) is 7.47. The molecule has 0 aliphatic heterocycles. The monoisotopic (exact) mass is 194 g/mol. The Morgan fingerprint density at radius 3 is 2.43 bits per heavy atom. The van der Waals surface area contributed by atoms with E-state index in [1.807, 2.05) is 0 Å². The number of benzene rings is 1. The van der Waals surface area contributed by atoms with Crippen molar-refractivity contribution in [3.63, 3.8) is 0 Å². The van der Waals surface area contributed by atoms with Gasteiger partial charge in [-0.25, -0.2) is 0 Å². The van der Waals surface area contributed by atoms with E-state index in [-0.39, 0.29) is 18.7 Å². The summed E-state index contributed by atoms with van der Waals surface area (Å²) < 4.78 is 0. The lowest BCUT2D eigenvalue weighted by Gasteiger charge is -1.98. The van der Waals surface area contributed by atoms with Crippen LogP contribution in [-0.4, -0.2) is 17.3 Å². The second-order valence-corrected chi connectivity index (χ2v) is 2.85. The third-order valence-corrected chi connectivity index (χ3v) is 1.75. The summed E-state index contributed by atoms with van der Waals surface area (Å²) in [6.45, 7) is -0.330. The first-order valence-corrected chi connectivity index (χ1v) is 4.10. The molecule has 0 aliphatic carbocycles. The minimum Gasteiger partial charge on any atom is -0.399 e. The third-order valence-electron chi connectivity index (χ3n) is 1.75. The van der Waals surface area contributed by atoms with E-state index in [1.165, 1.54) is 0 Å². The van der Waals surface area contributed by atoms with Gasteiger partial charge in [0, 0.05) is 16.2 Å². The lowest BCUT2D eigenvalue weighted by atomic mass is 10.1. The average Bonchev–Trinajstić information content (AvgIpc) is 2.15. The van der Waals surface area contributed by atoms with Crippen LogP contribution in [0.25, 0.3) is 0 Å². The fourth-order valence-electron chi connectivity index (χ4n) is 1.01. The van der Waals surface area contributed by atoms with Crippen molar-refractivity contribution in [1.29, 1.82) is 0 Å². The largest absolute Gasteiger partial charge is 0.399 e. The standard InChI is InChI=1S/C9H10N2O3/c10-8-3-1-7(2-4-8)9(12)5-6-11(13)14/h1-4H,5-6,10H2. The normalized spacial score (nSPS) is 9.71. The van der Waals surface area contributed by atoms with Crippen molar-refractivity contribution in [2.24, 2.45) is 0 Å². The molecule has 0 radical (unpaired) electrons. The van der Waals surface area contributed by atoms with Crippen LogP contribution in [0, 0.1) is 10.1 Å². The topological polar surface area (TPSA) is 86.2 Å². The highest BCUT2D eigenvalue weighted by atomic mass is 16.6. The predicted octanol–water partition coefficient (Wildman–Crippen LogP) is 1.12. The summed E-state index contributed by atoms with van der Waals surface area (Å²) in [4.78, 5) is 20.8. The smallest absolute Gasteiger partial charge is 0.211 e. The number of nitrogens with two attached hydrogens (primary N) is 1. The van der Waals surface area contributed by atoms with Gasteiger partial charge in [0.25, 0.3) is 0 Å². The summed E-state index contributed by atoms with van der Waals surface area (Å²) >= 11 is 0. The molecule has 14 heavy (non-hydrogen) atoms. The molecule has 1 aromatic rings. The number of anilines is 1. The zero-order chi connectivity index (χ0) is 10.6. The van der Waals surface area contributed by atoms with Crippen molar-refractivity contribution in [3.05, 3.63) is 39.9 Å². The van der Waals surface area contributed by atoms with E-state index in [9.17, 15) is 14.9 Å². The van der Waals surface area contributed by atoms with Crippen LogP contribution < -0.4 is 5.73 Å². The molecule has 5 heteroatoms. The number of hydrogen-bond acceptors (Lipinski definition) is 4. The molecule has 0 atom stereocenters. The van der Waals surface area contributed by atoms with Crippen LogP contribution in [-0.2, 0) is 0 Å². The van der Waals surface area contributed by atoms with Gasteiger partial charge in [0.05, 0.1) is 6.42 Å². The van der Waals surface area contributed by atoms with Gasteiger partial charge >= 0.3 is 0 Å². The van der Waals surface area contributed by atoms with Crippen LogP contribution in [0.15, 0.2) is 24.3 Å². The van der Waals surface area contributed by atoms with E-state index < -0.39 is 4.92 Å². The fraction of sp³-hybridized carbons (Fsp3) is 0.222. The van der Waals surface area contributed by atoms with Gasteiger partial charge in [-0.3, -0.25) is 14.9 Å². The first kappa shape index (κ1) is 10.2. The summed E-state index contributed by atoms with van der Waals surface area (Å²) in [7, 11) is 0. The van der Waals surface area contributed by atoms with Crippen LogP contribution in [0.3, 0.4) is 0 Å². The van der Waals surface area contributed by atoms with E-state index in [2.05, 4.69) is 0 Å². The zero-order valence-corrected chi connectivity index (χ0v) is 7.47. The van der Waals surface area contributed by atoms with E-state index in [4.69, 9.17) is 5.73 Å². The number of nitro groups is 1. The maximum atomic E-state index is 11.3. The predicted molar refractivity (Wildman–Crippen MR) is 51.7 cm³/mol. The SMILES string of the molecule is Nc1ccc(C(=O)CC[N+](=O)[O-])cc1. The molecule has 0 aromatic heterocycles. The molecule has 0 heterocycles. The van der Waals surface area contributed by atoms with E-state index in [0.29, 0.717) is 11.3 Å². The minimum atomic E-state index is -0.505. The molecule has 1 rings (SSSR count). The number of nitrogen functional groups attached to an aromatic ring is 1. The summed E-state index contributed by atoms with van der Waals surface area (Å²) in [6.07, 6.45) is -0.0725. The van der Waals surface area contributed by atoms with Gasteiger partial charge in [-0.05, 0) is 24.3 Å². The Labute approximate surface area is 80.7 Å². The van der Waals surface area contributed by atoms with Gasteiger partial charge in [-0.2, -0.15) is 0 Å². The molecule has 0 fully saturated rings. The van der Waals surface area contributed by atoms with Gasteiger partial charge in [0.2, 0.25) is 6.54 Å². The van der Waals surface area contributed by atoms with Crippen LogP contribution in [0.1, 0.15) is 16.8 Å². The van der Waals surface area contributed by atoms with Crippen LogP contribution in [0.2, 0.25) is 0 Å². The van der Waals surface area contributed by atoms with Crippen LogP contribution in [0.5, 0.6) is 0 Å². The van der Waals surface area contributed by atoms with Crippen LogP contribution >= 0.6 is 0 Å². The molecule has 0 unspecified atom stereocenters. The van der Waals surface area contributed by atoms with Crippen molar-refractivity contribution in [3.8, 4) is 0 Å². The van der Waals surface area contributed by atoms with Gasteiger partial charge < -0.3 is 5.73 Å². The second kappa shape index (κ2) is 4.36. The Balaban J connectivity index is 2.61. The van der Waals surface area contributed by atoms with Gasteiger partial charge in [0.15, 0.2) is 5.78 Å². The number of hydrogen-bond donors (Lipinski definition) is 1. The lowest BCUT2D eigenvalue weighted by molar-refractivity contribution is -0.478. The molecule has 1 aromatic carbocycles. The molecule has 0 bridgehead atoms. The van der Waals surface area contributed by atoms with E-state index >= 15 is 0 Å². The highest BCUT2D eigenvalue weighted by molar-refractivity contribution is 5.96. The Bertz CT molecular complexity index is 346. The number of carbonyl (C=O) groups excluding carboxylic acids is 1. The molecule has 5 nitrogen and oxygen atoms in total. The summed E-state index contributed by atoms with van der Waals surface area (Å²) in [5, 5.41) is 10.0. The summed E-state index contributed by atoms with van der Waals surface area (Å²) in [5.74, 6) is -0.235. The first-order valence-electron chi connectivity index (χ1n) is 4.10. The Hall–Kier alpha value is -1.91. The van der Waals surface area contributed by atoms with E-state index in [0.717, 1.165) is 0 Å². The van der Waals surface area contributed by atoms with Crippen molar-refractivity contribution in [2.75, 3.05) is 12.3 Å². The lowest BCUT2D eigenvalue weighted by Crippen LogP contribution is -2.08. The Morgan fingerprint density at radius 2 is 1.93 bits per heavy atom. The molecule has 0 spiro atoms. The highest BCUT2D eigenvalue weighted by Gasteiger charge is 2.08. The molecule has 74 valence electrons. The molecular weight excluding hydrogens is 184 g/mol. The van der Waals surface area contributed by atoms with Crippen molar-refractivity contribution in [2.45, 2.75) is 6.42 Å². The molecular formula is C9H10N2O3. The quantitative estimate of drug-likeness (QED) is 0.336. The maximum Gasteiger partial charge on any atom is 0.211 e.